The Morgan fingerprint density at radius 1 is 1.53 bits per heavy atom. The lowest BCUT2D eigenvalue weighted by molar-refractivity contribution is -0.136. The molecule has 2 N–H and O–H groups in total. The van der Waals surface area contributed by atoms with Gasteiger partial charge >= 0.3 is 0 Å². The van der Waals surface area contributed by atoms with Gasteiger partial charge in [-0.1, -0.05) is 5.92 Å². The summed E-state index contributed by atoms with van der Waals surface area (Å²) in [4.78, 5) is 11.5. The number of amides is 1. The Kier molecular flexibility index (Phi) is 6.03. The Morgan fingerprint density at radius 3 is 2.71 bits per heavy atom. The Hall–Kier alpha value is -1.05. The number of terminal acetylenes is 1. The van der Waals surface area contributed by atoms with Gasteiger partial charge in [0.2, 0.25) is 5.91 Å². The molecular weight excluding hydrogens is 218 g/mol. The highest BCUT2D eigenvalue weighted by molar-refractivity contribution is 5.80. The van der Waals surface area contributed by atoms with E-state index in [1.807, 2.05) is 0 Å². The standard InChI is InChI=1S/C13H21NO3/c1-3-8-14-13(16)10(2)17-12-6-4-11(9-15)5-7-12/h1,10-12,15H,4-9H2,2H3,(H,14,16). The Morgan fingerprint density at radius 2 is 2.18 bits per heavy atom. The van der Waals surface area contributed by atoms with E-state index in [4.69, 9.17) is 16.3 Å². The monoisotopic (exact) mass is 239 g/mol. The summed E-state index contributed by atoms with van der Waals surface area (Å²) in [6, 6.07) is 0. The Labute approximate surface area is 103 Å². The second kappa shape index (κ2) is 7.31. The van der Waals surface area contributed by atoms with Gasteiger partial charge in [-0.2, -0.15) is 0 Å². The summed E-state index contributed by atoms with van der Waals surface area (Å²) in [5.74, 6) is 2.60. The third kappa shape index (κ3) is 4.76. The summed E-state index contributed by atoms with van der Waals surface area (Å²) in [6.45, 7) is 2.23. The van der Waals surface area contributed by atoms with Crippen LogP contribution in [0.1, 0.15) is 32.6 Å². The van der Waals surface area contributed by atoms with E-state index in [9.17, 15) is 4.79 Å². The van der Waals surface area contributed by atoms with E-state index in [0.29, 0.717) is 5.92 Å². The lowest BCUT2D eigenvalue weighted by Gasteiger charge is -2.29. The van der Waals surface area contributed by atoms with Crippen LogP contribution in [0.3, 0.4) is 0 Å². The first-order chi connectivity index (χ1) is 8.17. The van der Waals surface area contributed by atoms with Gasteiger partial charge in [0.25, 0.3) is 0 Å². The molecule has 0 radical (unpaired) electrons. The molecule has 0 heterocycles. The van der Waals surface area contributed by atoms with Crippen molar-refractivity contribution in [2.45, 2.75) is 44.8 Å². The zero-order valence-corrected chi connectivity index (χ0v) is 10.3. The van der Waals surface area contributed by atoms with Crippen molar-refractivity contribution in [3.63, 3.8) is 0 Å². The molecule has 1 saturated carbocycles. The second-order valence-electron chi connectivity index (χ2n) is 4.53. The van der Waals surface area contributed by atoms with Crippen molar-refractivity contribution in [2.75, 3.05) is 13.2 Å². The number of aliphatic hydroxyl groups excluding tert-OH is 1. The van der Waals surface area contributed by atoms with Crippen LogP contribution in [0.15, 0.2) is 0 Å². The molecule has 4 heteroatoms. The first-order valence-corrected chi connectivity index (χ1v) is 6.14. The first kappa shape index (κ1) is 14.0. The smallest absolute Gasteiger partial charge is 0.249 e. The minimum atomic E-state index is -0.459. The Balaban J connectivity index is 2.25. The molecular formula is C13H21NO3. The molecule has 1 atom stereocenters. The molecule has 1 aliphatic rings. The number of rotatable bonds is 5. The third-order valence-electron chi connectivity index (χ3n) is 3.18. The van der Waals surface area contributed by atoms with Gasteiger partial charge in [0, 0.05) is 6.61 Å². The van der Waals surface area contributed by atoms with E-state index < -0.39 is 6.10 Å². The van der Waals surface area contributed by atoms with Gasteiger partial charge in [-0.3, -0.25) is 4.79 Å². The molecule has 4 nitrogen and oxygen atoms in total. The molecule has 0 spiro atoms. The minimum Gasteiger partial charge on any atom is -0.396 e. The van der Waals surface area contributed by atoms with E-state index in [2.05, 4.69) is 11.2 Å². The number of carbonyl (C=O) groups excluding carboxylic acids is 1. The molecule has 17 heavy (non-hydrogen) atoms. The van der Waals surface area contributed by atoms with Crippen LogP contribution in [0.2, 0.25) is 0 Å². The number of hydrogen-bond donors (Lipinski definition) is 2. The average molecular weight is 239 g/mol. The molecule has 0 bridgehead atoms. The van der Waals surface area contributed by atoms with Crippen LogP contribution in [-0.2, 0) is 9.53 Å². The lowest BCUT2D eigenvalue weighted by Crippen LogP contribution is -2.38. The summed E-state index contributed by atoms with van der Waals surface area (Å²) in [5, 5.41) is 11.6. The maximum atomic E-state index is 11.5. The van der Waals surface area contributed by atoms with Crippen molar-refractivity contribution in [3.05, 3.63) is 0 Å². The van der Waals surface area contributed by atoms with Crippen molar-refractivity contribution in [1.29, 1.82) is 0 Å². The summed E-state index contributed by atoms with van der Waals surface area (Å²) >= 11 is 0. The van der Waals surface area contributed by atoms with Crippen molar-refractivity contribution >= 4 is 5.91 Å². The molecule has 1 fully saturated rings. The number of carbonyl (C=O) groups is 1. The number of ether oxygens (including phenoxy) is 1. The minimum absolute atomic E-state index is 0.129. The first-order valence-electron chi connectivity index (χ1n) is 6.14. The average Bonchev–Trinajstić information content (AvgIpc) is 2.36. The van der Waals surface area contributed by atoms with Gasteiger partial charge in [-0.05, 0) is 38.5 Å². The zero-order valence-electron chi connectivity index (χ0n) is 10.3. The van der Waals surface area contributed by atoms with E-state index >= 15 is 0 Å². The van der Waals surface area contributed by atoms with Crippen LogP contribution in [0.5, 0.6) is 0 Å². The topological polar surface area (TPSA) is 58.6 Å². The number of nitrogens with one attached hydrogen (secondary N) is 1. The van der Waals surface area contributed by atoms with Crippen LogP contribution in [0.4, 0.5) is 0 Å². The highest BCUT2D eigenvalue weighted by atomic mass is 16.5. The van der Waals surface area contributed by atoms with E-state index in [1.165, 1.54) is 0 Å². The van der Waals surface area contributed by atoms with Crippen LogP contribution in [0, 0.1) is 18.3 Å². The summed E-state index contributed by atoms with van der Waals surface area (Å²) in [5.41, 5.74) is 0. The van der Waals surface area contributed by atoms with E-state index in [-0.39, 0.29) is 25.2 Å². The highest BCUT2D eigenvalue weighted by Gasteiger charge is 2.24. The molecule has 1 unspecified atom stereocenters. The van der Waals surface area contributed by atoms with E-state index in [0.717, 1.165) is 25.7 Å². The lowest BCUT2D eigenvalue weighted by atomic mass is 9.88. The highest BCUT2D eigenvalue weighted by Crippen LogP contribution is 2.26. The van der Waals surface area contributed by atoms with Crippen LogP contribution < -0.4 is 5.32 Å². The molecule has 96 valence electrons. The van der Waals surface area contributed by atoms with Crippen molar-refractivity contribution in [1.82, 2.24) is 5.32 Å². The van der Waals surface area contributed by atoms with Gasteiger partial charge in [0.15, 0.2) is 0 Å². The zero-order chi connectivity index (χ0) is 12.7. The van der Waals surface area contributed by atoms with Crippen molar-refractivity contribution < 1.29 is 14.6 Å². The summed E-state index contributed by atoms with van der Waals surface area (Å²) < 4.78 is 5.68. The van der Waals surface area contributed by atoms with Gasteiger partial charge in [-0.15, -0.1) is 6.42 Å². The van der Waals surface area contributed by atoms with Gasteiger partial charge in [0.05, 0.1) is 12.6 Å². The van der Waals surface area contributed by atoms with E-state index in [1.54, 1.807) is 6.92 Å². The predicted molar refractivity (Wildman–Crippen MR) is 65.2 cm³/mol. The molecule has 1 amide bonds. The fourth-order valence-electron chi connectivity index (χ4n) is 2.08. The van der Waals surface area contributed by atoms with Crippen LogP contribution in [0.25, 0.3) is 0 Å². The maximum Gasteiger partial charge on any atom is 0.249 e. The molecule has 0 aliphatic heterocycles. The predicted octanol–water partition coefficient (Wildman–Crippen LogP) is 0.692. The fourth-order valence-corrected chi connectivity index (χ4v) is 2.08. The van der Waals surface area contributed by atoms with Gasteiger partial charge in [-0.25, -0.2) is 0 Å². The Bertz CT molecular complexity index is 277. The summed E-state index contributed by atoms with van der Waals surface area (Å²) in [7, 11) is 0. The number of hydrogen-bond acceptors (Lipinski definition) is 3. The normalized spacial score (nSPS) is 25.9. The molecule has 0 aromatic carbocycles. The van der Waals surface area contributed by atoms with Crippen LogP contribution in [-0.4, -0.2) is 36.4 Å². The van der Waals surface area contributed by atoms with Gasteiger partial charge < -0.3 is 15.2 Å². The second-order valence-corrected chi connectivity index (χ2v) is 4.53. The van der Waals surface area contributed by atoms with Gasteiger partial charge in [0.1, 0.15) is 6.10 Å². The third-order valence-corrected chi connectivity index (χ3v) is 3.18. The van der Waals surface area contributed by atoms with Crippen molar-refractivity contribution in [3.8, 4) is 12.3 Å². The quantitative estimate of drug-likeness (QED) is 0.694. The number of aliphatic hydroxyl groups is 1. The fraction of sp³-hybridized carbons (Fsp3) is 0.769. The molecule has 1 aliphatic carbocycles. The molecule has 0 aromatic heterocycles. The van der Waals surface area contributed by atoms with Crippen LogP contribution >= 0.6 is 0 Å². The summed E-state index contributed by atoms with van der Waals surface area (Å²) in [6.07, 6.45) is 8.51. The molecule has 0 saturated heterocycles. The molecule has 0 aromatic rings. The molecule has 1 rings (SSSR count). The SMILES string of the molecule is C#CCNC(=O)C(C)OC1CCC(CO)CC1. The maximum absolute atomic E-state index is 11.5. The largest absolute Gasteiger partial charge is 0.396 e. The van der Waals surface area contributed by atoms with Crippen molar-refractivity contribution in [2.24, 2.45) is 5.92 Å².